The molecule has 140 valence electrons. The van der Waals surface area contributed by atoms with Crippen LogP contribution >= 0.6 is 0 Å². The van der Waals surface area contributed by atoms with Gasteiger partial charge in [-0.3, -0.25) is 4.79 Å². The molecule has 1 saturated heterocycles. The topological polar surface area (TPSA) is 109 Å². The number of benzene rings is 1. The maximum absolute atomic E-state index is 12.3. The summed E-state index contributed by atoms with van der Waals surface area (Å²) in [6, 6.07) is 7.35. The Morgan fingerprint density at radius 2 is 2.23 bits per heavy atom. The SMILES string of the molecule is COc1ccccc1-c1noc(CCC(=O)N2CC[C@@](C)(O)[C@@H](O)C2)n1. The minimum atomic E-state index is -1.15. The summed E-state index contributed by atoms with van der Waals surface area (Å²) in [5.41, 5.74) is -0.426. The number of para-hydroxylation sites is 1. The Bertz CT molecular complexity index is 774. The molecule has 26 heavy (non-hydrogen) atoms. The lowest BCUT2D eigenvalue weighted by Gasteiger charge is -2.39. The van der Waals surface area contributed by atoms with Gasteiger partial charge in [-0.25, -0.2) is 0 Å². The van der Waals surface area contributed by atoms with Gasteiger partial charge in [-0.15, -0.1) is 0 Å². The lowest BCUT2D eigenvalue weighted by molar-refractivity contribution is -0.146. The Balaban J connectivity index is 1.59. The van der Waals surface area contributed by atoms with E-state index < -0.39 is 11.7 Å². The van der Waals surface area contributed by atoms with E-state index in [0.717, 1.165) is 5.56 Å². The molecule has 0 bridgehead atoms. The molecule has 2 N–H and O–H groups in total. The Labute approximate surface area is 151 Å². The first kappa shape index (κ1) is 18.3. The molecule has 1 amide bonds. The third-order valence-corrected chi connectivity index (χ3v) is 4.72. The second-order valence-corrected chi connectivity index (χ2v) is 6.67. The Kier molecular flexibility index (Phi) is 5.24. The molecule has 8 heteroatoms. The van der Waals surface area contributed by atoms with E-state index in [-0.39, 0.29) is 18.9 Å². The normalized spacial score (nSPS) is 23.1. The number of nitrogens with zero attached hydrogens (tertiary/aromatic N) is 3. The van der Waals surface area contributed by atoms with Crippen LogP contribution in [0.3, 0.4) is 0 Å². The molecule has 1 aromatic carbocycles. The number of carbonyl (C=O) groups excluding carboxylic acids is 1. The van der Waals surface area contributed by atoms with Gasteiger partial charge in [0.25, 0.3) is 0 Å². The molecule has 1 aliphatic rings. The number of β-amino-alcohol motifs (C(OH)–C–C–N with tert-alkyl or cyclic N) is 1. The molecule has 1 aliphatic heterocycles. The van der Waals surface area contributed by atoms with Crippen LogP contribution in [0.1, 0.15) is 25.7 Å². The van der Waals surface area contributed by atoms with Crippen LogP contribution < -0.4 is 4.74 Å². The average Bonchev–Trinajstić information content (AvgIpc) is 3.10. The van der Waals surface area contributed by atoms with Crippen LogP contribution in [0.2, 0.25) is 0 Å². The number of aliphatic hydroxyl groups is 2. The second-order valence-electron chi connectivity index (χ2n) is 6.67. The number of aliphatic hydroxyl groups excluding tert-OH is 1. The molecule has 0 radical (unpaired) electrons. The van der Waals surface area contributed by atoms with Crippen molar-refractivity contribution in [2.75, 3.05) is 20.2 Å². The van der Waals surface area contributed by atoms with Crippen molar-refractivity contribution in [2.45, 2.75) is 37.9 Å². The monoisotopic (exact) mass is 361 g/mol. The Hall–Kier alpha value is -2.45. The summed E-state index contributed by atoms with van der Waals surface area (Å²) >= 11 is 0. The molecule has 0 unspecified atom stereocenters. The van der Waals surface area contributed by atoms with E-state index in [9.17, 15) is 15.0 Å². The van der Waals surface area contributed by atoms with E-state index in [1.807, 2.05) is 24.3 Å². The molecule has 8 nitrogen and oxygen atoms in total. The van der Waals surface area contributed by atoms with Gasteiger partial charge in [-0.05, 0) is 25.5 Å². The van der Waals surface area contributed by atoms with Gasteiger partial charge >= 0.3 is 0 Å². The van der Waals surface area contributed by atoms with E-state index in [1.54, 1.807) is 18.9 Å². The van der Waals surface area contributed by atoms with Crippen LogP contribution in [-0.4, -0.2) is 63.1 Å². The summed E-state index contributed by atoms with van der Waals surface area (Å²) in [6.07, 6.45) is -0.0918. The summed E-state index contributed by atoms with van der Waals surface area (Å²) in [5.74, 6) is 1.31. The van der Waals surface area contributed by atoms with Crippen molar-refractivity contribution in [3.05, 3.63) is 30.2 Å². The number of carbonyl (C=O) groups is 1. The van der Waals surface area contributed by atoms with E-state index >= 15 is 0 Å². The summed E-state index contributed by atoms with van der Waals surface area (Å²) in [5, 5.41) is 23.8. The average molecular weight is 361 g/mol. The molecule has 1 aromatic heterocycles. The maximum atomic E-state index is 12.3. The van der Waals surface area contributed by atoms with Crippen LogP contribution in [0.5, 0.6) is 5.75 Å². The second kappa shape index (κ2) is 7.43. The van der Waals surface area contributed by atoms with Crippen LogP contribution in [-0.2, 0) is 11.2 Å². The fraction of sp³-hybridized carbons (Fsp3) is 0.500. The van der Waals surface area contributed by atoms with Crippen molar-refractivity contribution in [3.8, 4) is 17.1 Å². The lowest BCUT2D eigenvalue weighted by atomic mass is 9.90. The number of aryl methyl sites for hydroxylation is 1. The molecule has 3 rings (SSSR count). The van der Waals surface area contributed by atoms with E-state index in [4.69, 9.17) is 9.26 Å². The standard InChI is InChI=1S/C18H23N3O5/c1-18(24)9-10-21(11-14(18)22)16(23)8-7-15-19-17(20-26-15)12-5-3-4-6-13(12)25-2/h3-6,14,22,24H,7-11H2,1-2H3/t14-,18+/m0/s1. The van der Waals surface area contributed by atoms with Gasteiger partial charge in [0.1, 0.15) is 5.75 Å². The minimum absolute atomic E-state index is 0.114. The van der Waals surface area contributed by atoms with Crippen molar-refractivity contribution in [1.29, 1.82) is 0 Å². The number of methoxy groups -OCH3 is 1. The van der Waals surface area contributed by atoms with Crippen molar-refractivity contribution in [2.24, 2.45) is 0 Å². The van der Waals surface area contributed by atoms with E-state index in [1.165, 1.54) is 0 Å². The predicted molar refractivity (Wildman–Crippen MR) is 92.4 cm³/mol. The van der Waals surface area contributed by atoms with Gasteiger partial charge in [-0.1, -0.05) is 17.3 Å². The summed E-state index contributed by atoms with van der Waals surface area (Å²) in [7, 11) is 1.57. The number of aromatic nitrogens is 2. The molecule has 0 aliphatic carbocycles. The Morgan fingerprint density at radius 3 is 2.96 bits per heavy atom. The van der Waals surface area contributed by atoms with Crippen LogP contribution in [0, 0.1) is 0 Å². The van der Waals surface area contributed by atoms with Crippen LogP contribution in [0.25, 0.3) is 11.4 Å². The fourth-order valence-corrected chi connectivity index (χ4v) is 2.92. The first-order chi connectivity index (χ1) is 12.4. The third-order valence-electron chi connectivity index (χ3n) is 4.72. The van der Waals surface area contributed by atoms with E-state index in [2.05, 4.69) is 10.1 Å². The quantitative estimate of drug-likeness (QED) is 0.818. The van der Waals surface area contributed by atoms with Crippen molar-refractivity contribution < 1.29 is 24.3 Å². The highest BCUT2D eigenvalue weighted by Gasteiger charge is 2.37. The minimum Gasteiger partial charge on any atom is -0.496 e. The molecule has 2 aromatic rings. The van der Waals surface area contributed by atoms with Crippen molar-refractivity contribution >= 4 is 5.91 Å². The van der Waals surface area contributed by atoms with Gasteiger partial charge in [0.15, 0.2) is 0 Å². The van der Waals surface area contributed by atoms with E-state index in [0.29, 0.717) is 36.9 Å². The summed E-state index contributed by atoms with van der Waals surface area (Å²) in [4.78, 5) is 18.2. The molecule has 2 heterocycles. The molecular formula is C18H23N3O5. The molecule has 0 spiro atoms. The van der Waals surface area contributed by atoms with Gasteiger partial charge in [0.2, 0.25) is 17.6 Å². The highest BCUT2D eigenvalue weighted by Crippen LogP contribution is 2.27. The fourth-order valence-electron chi connectivity index (χ4n) is 2.92. The number of rotatable bonds is 5. The Morgan fingerprint density at radius 1 is 1.46 bits per heavy atom. The third kappa shape index (κ3) is 3.86. The van der Waals surface area contributed by atoms with Crippen molar-refractivity contribution in [1.82, 2.24) is 15.0 Å². The number of amides is 1. The van der Waals surface area contributed by atoms with Gasteiger partial charge in [0.05, 0.1) is 24.4 Å². The molecule has 1 fully saturated rings. The predicted octanol–water partition coefficient (Wildman–Crippen LogP) is 1.02. The molecular weight excluding hydrogens is 338 g/mol. The van der Waals surface area contributed by atoms with Crippen LogP contribution in [0.15, 0.2) is 28.8 Å². The number of likely N-dealkylation sites (tertiary alicyclic amines) is 1. The van der Waals surface area contributed by atoms with Gasteiger partial charge in [-0.2, -0.15) is 4.98 Å². The highest BCUT2D eigenvalue weighted by molar-refractivity contribution is 5.76. The summed E-state index contributed by atoms with van der Waals surface area (Å²) in [6.45, 7) is 2.12. The number of hydrogen-bond acceptors (Lipinski definition) is 7. The number of piperidine rings is 1. The molecule has 0 saturated carbocycles. The summed E-state index contributed by atoms with van der Waals surface area (Å²) < 4.78 is 10.5. The number of hydrogen-bond donors (Lipinski definition) is 2. The zero-order valence-corrected chi connectivity index (χ0v) is 14.9. The zero-order chi connectivity index (χ0) is 18.7. The smallest absolute Gasteiger partial charge is 0.227 e. The van der Waals surface area contributed by atoms with Gasteiger partial charge < -0.3 is 24.4 Å². The zero-order valence-electron chi connectivity index (χ0n) is 14.9. The first-order valence-electron chi connectivity index (χ1n) is 8.55. The molecule has 2 atom stereocenters. The lowest BCUT2D eigenvalue weighted by Crippen LogP contribution is -2.55. The highest BCUT2D eigenvalue weighted by atomic mass is 16.5. The first-order valence-corrected chi connectivity index (χ1v) is 8.55. The van der Waals surface area contributed by atoms with Gasteiger partial charge in [0, 0.05) is 25.9 Å². The van der Waals surface area contributed by atoms with Crippen LogP contribution in [0.4, 0.5) is 0 Å². The maximum Gasteiger partial charge on any atom is 0.227 e. The largest absolute Gasteiger partial charge is 0.496 e. The van der Waals surface area contributed by atoms with Crippen molar-refractivity contribution in [3.63, 3.8) is 0 Å². The number of ether oxygens (including phenoxy) is 1.